The first-order valence-electron chi connectivity index (χ1n) is 6.12. The van der Waals surface area contributed by atoms with E-state index >= 15 is 0 Å². The van der Waals surface area contributed by atoms with Gasteiger partial charge in [0.25, 0.3) is 0 Å². The summed E-state index contributed by atoms with van der Waals surface area (Å²) in [5.74, 6) is -0.455. The third-order valence-corrected chi connectivity index (χ3v) is 4.35. The summed E-state index contributed by atoms with van der Waals surface area (Å²) in [6.45, 7) is 3.79. The Labute approximate surface area is 124 Å². The maximum atomic E-state index is 12.2. The number of benzene rings is 1. The molecule has 1 rings (SSSR count). The Hall–Kier alpha value is -1.11. The number of hydrogen-bond acceptors (Lipinski definition) is 4. The van der Waals surface area contributed by atoms with E-state index in [9.17, 15) is 13.2 Å². The molecule has 7 heteroatoms. The zero-order valence-corrected chi connectivity index (χ0v) is 13.2. The summed E-state index contributed by atoms with van der Waals surface area (Å²) >= 11 is 5.72. The number of ether oxygens (including phenoxy) is 1. The average molecular weight is 320 g/mol. The fourth-order valence-electron chi connectivity index (χ4n) is 1.68. The number of rotatable bonds is 6. The van der Waals surface area contributed by atoms with E-state index in [1.165, 1.54) is 31.4 Å². The normalized spacial score (nSPS) is 13.2. The molecule has 0 saturated carbocycles. The van der Waals surface area contributed by atoms with Crippen LogP contribution < -0.4 is 4.72 Å². The van der Waals surface area contributed by atoms with Crippen LogP contribution in [-0.2, 0) is 19.6 Å². The van der Waals surface area contributed by atoms with Crippen molar-refractivity contribution in [3.63, 3.8) is 0 Å². The second-order valence-electron chi connectivity index (χ2n) is 4.78. The highest BCUT2D eigenvalue weighted by Gasteiger charge is 2.27. The molecule has 1 atom stereocenters. The molecule has 20 heavy (non-hydrogen) atoms. The van der Waals surface area contributed by atoms with Crippen molar-refractivity contribution < 1.29 is 17.9 Å². The third-order valence-electron chi connectivity index (χ3n) is 2.61. The lowest BCUT2D eigenvalue weighted by atomic mass is 10.1. The second-order valence-corrected chi connectivity index (χ2v) is 6.93. The lowest BCUT2D eigenvalue weighted by Gasteiger charge is -2.18. The predicted octanol–water partition coefficient (Wildman–Crippen LogP) is 2.21. The van der Waals surface area contributed by atoms with Crippen molar-refractivity contribution >= 4 is 27.6 Å². The summed E-state index contributed by atoms with van der Waals surface area (Å²) in [6, 6.07) is 4.82. The molecule has 1 aromatic carbocycles. The van der Waals surface area contributed by atoms with Crippen LogP contribution in [0, 0.1) is 5.92 Å². The quantitative estimate of drug-likeness (QED) is 0.816. The van der Waals surface area contributed by atoms with E-state index in [0.717, 1.165) is 0 Å². The first kappa shape index (κ1) is 16.9. The molecule has 0 amide bonds. The first-order chi connectivity index (χ1) is 9.26. The molecular weight excluding hydrogens is 302 g/mol. The minimum Gasteiger partial charge on any atom is -0.468 e. The molecule has 1 N–H and O–H groups in total. The molecule has 0 aliphatic carbocycles. The SMILES string of the molecule is COC(=O)[C@H](CC(C)C)NS(=O)(=O)c1ccc(Cl)cc1. The molecule has 1 aromatic rings. The zero-order chi connectivity index (χ0) is 15.3. The number of sulfonamides is 1. The lowest BCUT2D eigenvalue weighted by molar-refractivity contribution is -0.143. The van der Waals surface area contributed by atoms with Gasteiger partial charge >= 0.3 is 5.97 Å². The Balaban J connectivity index is 2.96. The summed E-state index contributed by atoms with van der Waals surface area (Å²) < 4.78 is 31.4. The van der Waals surface area contributed by atoms with Crippen molar-refractivity contribution in [3.05, 3.63) is 29.3 Å². The van der Waals surface area contributed by atoms with Crippen LogP contribution in [0.15, 0.2) is 29.2 Å². The van der Waals surface area contributed by atoms with E-state index in [-0.39, 0.29) is 10.8 Å². The van der Waals surface area contributed by atoms with Gasteiger partial charge in [-0.25, -0.2) is 8.42 Å². The van der Waals surface area contributed by atoms with Crippen LogP contribution in [0.5, 0.6) is 0 Å². The van der Waals surface area contributed by atoms with Crippen LogP contribution in [0.4, 0.5) is 0 Å². The number of esters is 1. The number of hydrogen-bond donors (Lipinski definition) is 1. The van der Waals surface area contributed by atoms with Gasteiger partial charge in [0.2, 0.25) is 10.0 Å². The van der Waals surface area contributed by atoms with Crippen LogP contribution in [-0.4, -0.2) is 27.5 Å². The van der Waals surface area contributed by atoms with Gasteiger partial charge in [-0.05, 0) is 36.6 Å². The Morgan fingerprint density at radius 3 is 2.30 bits per heavy atom. The zero-order valence-electron chi connectivity index (χ0n) is 11.6. The number of methoxy groups -OCH3 is 1. The van der Waals surface area contributed by atoms with Gasteiger partial charge in [-0.3, -0.25) is 4.79 Å². The van der Waals surface area contributed by atoms with E-state index < -0.39 is 22.0 Å². The number of carbonyl (C=O) groups is 1. The minimum absolute atomic E-state index is 0.0551. The molecule has 0 radical (unpaired) electrons. The first-order valence-corrected chi connectivity index (χ1v) is 7.98. The van der Waals surface area contributed by atoms with Crippen LogP contribution in [0.25, 0.3) is 0 Å². The van der Waals surface area contributed by atoms with Crippen LogP contribution in [0.1, 0.15) is 20.3 Å². The molecule has 0 heterocycles. The summed E-state index contributed by atoms with van der Waals surface area (Å²) in [6.07, 6.45) is 0.361. The summed E-state index contributed by atoms with van der Waals surface area (Å²) in [5, 5.41) is 0.440. The lowest BCUT2D eigenvalue weighted by Crippen LogP contribution is -2.42. The fourth-order valence-corrected chi connectivity index (χ4v) is 3.00. The van der Waals surface area contributed by atoms with Crippen molar-refractivity contribution in [2.45, 2.75) is 31.2 Å². The third kappa shape index (κ3) is 4.77. The highest BCUT2D eigenvalue weighted by atomic mass is 35.5. The van der Waals surface area contributed by atoms with Gasteiger partial charge in [-0.2, -0.15) is 4.72 Å². The molecule has 0 aliphatic rings. The van der Waals surface area contributed by atoms with E-state index in [1.54, 1.807) is 0 Å². The van der Waals surface area contributed by atoms with Gasteiger partial charge in [0.15, 0.2) is 0 Å². The van der Waals surface area contributed by atoms with E-state index in [2.05, 4.69) is 9.46 Å². The number of carbonyl (C=O) groups excluding carboxylic acids is 1. The van der Waals surface area contributed by atoms with Crippen molar-refractivity contribution in [2.75, 3.05) is 7.11 Å². The van der Waals surface area contributed by atoms with E-state index in [1.807, 2.05) is 13.8 Å². The molecule has 0 aromatic heterocycles. The van der Waals surface area contributed by atoms with Gasteiger partial charge in [0, 0.05) is 5.02 Å². The molecule has 0 saturated heterocycles. The van der Waals surface area contributed by atoms with Gasteiger partial charge in [0.05, 0.1) is 12.0 Å². The van der Waals surface area contributed by atoms with Crippen molar-refractivity contribution in [2.24, 2.45) is 5.92 Å². The maximum absolute atomic E-state index is 12.2. The molecule has 5 nitrogen and oxygen atoms in total. The standard InChI is InChI=1S/C13H18ClNO4S/c1-9(2)8-12(13(16)19-3)15-20(17,18)11-6-4-10(14)5-7-11/h4-7,9,12,15H,8H2,1-3H3/t12-/m0/s1. The van der Waals surface area contributed by atoms with Gasteiger partial charge < -0.3 is 4.74 Å². The summed E-state index contributed by atoms with van der Waals surface area (Å²) in [4.78, 5) is 11.7. The smallest absolute Gasteiger partial charge is 0.323 e. The topological polar surface area (TPSA) is 72.5 Å². The molecule has 0 unspecified atom stereocenters. The van der Waals surface area contributed by atoms with E-state index in [0.29, 0.717) is 11.4 Å². The summed E-state index contributed by atoms with van der Waals surface area (Å²) in [7, 11) is -2.56. The Morgan fingerprint density at radius 2 is 1.85 bits per heavy atom. The Kier molecular flexibility index (Phi) is 5.98. The molecule has 112 valence electrons. The number of nitrogens with one attached hydrogen (secondary N) is 1. The van der Waals surface area contributed by atoms with Crippen molar-refractivity contribution in [3.8, 4) is 0 Å². The minimum atomic E-state index is -3.79. The predicted molar refractivity (Wildman–Crippen MR) is 77.0 cm³/mol. The van der Waals surface area contributed by atoms with Gasteiger partial charge in [-0.1, -0.05) is 25.4 Å². The highest BCUT2D eigenvalue weighted by molar-refractivity contribution is 7.89. The van der Waals surface area contributed by atoms with Crippen LogP contribution >= 0.6 is 11.6 Å². The second kappa shape index (κ2) is 7.06. The molecule has 0 spiro atoms. The van der Waals surface area contributed by atoms with Crippen LogP contribution in [0.2, 0.25) is 5.02 Å². The Bertz CT molecular complexity index is 554. The van der Waals surface area contributed by atoms with Crippen molar-refractivity contribution in [1.82, 2.24) is 4.72 Å². The van der Waals surface area contributed by atoms with Gasteiger partial charge in [-0.15, -0.1) is 0 Å². The van der Waals surface area contributed by atoms with E-state index in [4.69, 9.17) is 11.6 Å². The highest BCUT2D eigenvalue weighted by Crippen LogP contribution is 2.16. The van der Waals surface area contributed by atoms with Gasteiger partial charge in [0.1, 0.15) is 6.04 Å². The molecule has 0 bridgehead atoms. The maximum Gasteiger partial charge on any atom is 0.323 e. The monoisotopic (exact) mass is 319 g/mol. The summed E-state index contributed by atoms with van der Waals surface area (Å²) in [5.41, 5.74) is 0. The molecular formula is C13H18ClNO4S. The van der Waals surface area contributed by atoms with Crippen LogP contribution in [0.3, 0.4) is 0 Å². The van der Waals surface area contributed by atoms with Crippen molar-refractivity contribution in [1.29, 1.82) is 0 Å². The fraction of sp³-hybridized carbons (Fsp3) is 0.462. The number of halogens is 1. The molecule has 0 aliphatic heterocycles. The average Bonchev–Trinajstić information content (AvgIpc) is 2.36. The Morgan fingerprint density at radius 1 is 1.30 bits per heavy atom. The molecule has 0 fully saturated rings. The largest absolute Gasteiger partial charge is 0.468 e.